The molecule has 0 saturated heterocycles. The first-order valence-corrected chi connectivity index (χ1v) is 6.01. The monoisotopic (exact) mass is 269 g/mol. The van der Waals surface area contributed by atoms with Gasteiger partial charge in [-0.15, -0.1) is 10.2 Å². The summed E-state index contributed by atoms with van der Waals surface area (Å²) in [7, 11) is 0. The smallest absolute Gasteiger partial charge is 0.249 e. The first-order chi connectivity index (χ1) is 8.61. The highest BCUT2D eigenvalue weighted by atomic mass is 35.5. The van der Waals surface area contributed by atoms with E-state index in [4.69, 9.17) is 16.0 Å². The van der Waals surface area contributed by atoms with Gasteiger partial charge in [-0.3, -0.25) is 0 Å². The van der Waals surface area contributed by atoms with Crippen molar-refractivity contribution in [2.45, 2.75) is 19.9 Å². The van der Waals surface area contributed by atoms with E-state index >= 15 is 0 Å². The van der Waals surface area contributed by atoms with Crippen LogP contribution in [0.3, 0.4) is 0 Å². The van der Waals surface area contributed by atoms with Gasteiger partial charge in [-0.25, -0.2) is 4.39 Å². The van der Waals surface area contributed by atoms with Crippen LogP contribution in [-0.4, -0.2) is 16.7 Å². The zero-order valence-corrected chi connectivity index (χ0v) is 10.8. The van der Waals surface area contributed by atoms with Gasteiger partial charge in [-0.2, -0.15) is 0 Å². The van der Waals surface area contributed by atoms with E-state index in [1.165, 1.54) is 18.2 Å². The summed E-state index contributed by atoms with van der Waals surface area (Å²) in [5.41, 5.74) is 0.528. The molecule has 18 heavy (non-hydrogen) atoms. The molecule has 1 atom stereocenters. The molecule has 1 aromatic heterocycles. The maximum atomic E-state index is 12.9. The molecule has 4 nitrogen and oxygen atoms in total. The second-order valence-electron chi connectivity index (χ2n) is 3.85. The summed E-state index contributed by atoms with van der Waals surface area (Å²) in [6, 6.07) is 4.01. The summed E-state index contributed by atoms with van der Waals surface area (Å²) in [4.78, 5) is 0. The van der Waals surface area contributed by atoms with Crippen LogP contribution in [0, 0.1) is 5.82 Å². The normalized spacial score (nSPS) is 12.7. The summed E-state index contributed by atoms with van der Waals surface area (Å²) in [6.07, 6.45) is 0. The maximum absolute atomic E-state index is 12.9. The zero-order chi connectivity index (χ0) is 13.1. The molecule has 0 amide bonds. The second-order valence-corrected chi connectivity index (χ2v) is 4.26. The average Bonchev–Trinajstić information content (AvgIpc) is 2.78. The van der Waals surface area contributed by atoms with Crippen molar-refractivity contribution in [2.75, 3.05) is 6.54 Å². The SMILES string of the molecule is CCNC(C)c1nnc(-c2ccc(F)cc2Cl)o1. The lowest BCUT2D eigenvalue weighted by Gasteiger charge is -2.05. The predicted octanol–water partition coefficient (Wildman–Crippen LogP) is 3.20. The summed E-state index contributed by atoms with van der Waals surface area (Å²) in [5.74, 6) is 0.372. The lowest BCUT2D eigenvalue weighted by Crippen LogP contribution is -2.17. The van der Waals surface area contributed by atoms with Crippen molar-refractivity contribution in [3.05, 3.63) is 34.9 Å². The summed E-state index contributed by atoms with van der Waals surface area (Å²) >= 11 is 5.93. The Hall–Kier alpha value is -1.46. The van der Waals surface area contributed by atoms with Crippen LogP contribution in [0.5, 0.6) is 0 Å². The molecule has 96 valence electrons. The van der Waals surface area contributed by atoms with Gasteiger partial charge in [0.2, 0.25) is 11.8 Å². The van der Waals surface area contributed by atoms with Crippen LogP contribution < -0.4 is 5.32 Å². The first kappa shape index (κ1) is 13.0. The van der Waals surface area contributed by atoms with Gasteiger partial charge in [0.15, 0.2) is 0 Å². The van der Waals surface area contributed by atoms with Gasteiger partial charge < -0.3 is 9.73 Å². The molecular weight excluding hydrogens is 257 g/mol. The van der Waals surface area contributed by atoms with Crippen molar-refractivity contribution in [1.82, 2.24) is 15.5 Å². The largest absolute Gasteiger partial charge is 0.419 e. The highest BCUT2D eigenvalue weighted by Gasteiger charge is 2.16. The summed E-state index contributed by atoms with van der Waals surface area (Å²) < 4.78 is 18.4. The Balaban J connectivity index is 2.29. The van der Waals surface area contributed by atoms with E-state index in [9.17, 15) is 4.39 Å². The zero-order valence-electron chi connectivity index (χ0n) is 10.1. The fourth-order valence-corrected chi connectivity index (χ4v) is 1.82. The lowest BCUT2D eigenvalue weighted by atomic mass is 10.2. The topological polar surface area (TPSA) is 51.0 Å². The molecule has 1 aromatic carbocycles. The molecule has 6 heteroatoms. The highest BCUT2D eigenvalue weighted by Crippen LogP contribution is 2.28. The van der Waals surface area contributed by atoms with Gasteiger partial charge >= 0.3 is 0 Å². The van der Waals surface area contributed by atoms with E-state index in [1.54, 1.807) is 0 Å². The standard InChI is InChI=1S/C12H13ClFN3O/c1-3-15-7(2)11-16-17-12(18-11)9-5-4-8(14)6-10(9)13/h4-7,15H,3H2,1-2H3. The molecule has 0 radical (unpaired) electrons. The van der Waals surface area contributed by atoms with E-state index in [1.807, 2.05) is 13.8 Å². The van der Waals surface area contributed by atoms with Crippen LogP contribution in [0.1, 0.15) is 25.8 Å². The molecule has 0 aliphatic rings. The third-order valence-corrected chi connectivity index (χ3v) is 2.80. The van der Waals surface area contributed by atoms with Crippen molar-refractivity contribution in [3.63, 3.8) is 0 Å². The van der Waals surface area contributed by atoms with E-state index in [0.717, 1.165) is 6.54 Å². The molecule has 0 spiro atoms. The molecule has 0 saturated carbocycles. The number of hydrogen-bond donors (Lipinski definition) is 1. The van der Waals surface area contributed by atoms with Crippen molar-refractivity contribution < 1.29 is 8.81 Å². The molecule has 1 heterocycles. The molecule has 0 aliphatic heterocycles. The van der Waals surface area contributed by atoms with Crippen LogP contribution in [-0.2, 0) is 0 Å². The van der Waals surface area contributed by atoms with Crippen molar-refractivity contribution >= 4 is 11.6 Å². The fourth-order valence-electron chi connectivity index (χ4n) is 1.57. The predicted molar refractivity (Wildman–Crippen MR) is 66.8 cm³/mol. The van der Waals surface area contributed by atoms with E-state index in [2.05, 4.69) is 15.5 Å². The van der Waals surface area contributed by atoms with Crippen LogP contribution in [0.25, 0.3) is 11.5 Å². The minimum atomic E-state index is -0.399. The molecular formula is C12H13ClFN3O. The first-order valence-electron chi connectivity index (χ1n) is 5.64. The Bertz CT molecular complexity index is 544. The van der Waals surface area contributed by atoms with E-state index < -0.39 is 5.82 Å². The molecule has 0 aliphatic carbocycles. The quantitative estimate of drug-likeness (QED) is 0.926. The molecule has 0 bridgehead atoms. The average molecular weight is 270 g/mol. The number of halogens is 2. The van der Waals surface area contributed by atoms with Gasteiger partial charge in [0.25, 0.3) is 0 Å². The van der Waals surface area contributed by atoms with E-state index in [-0.39, 0.29) is 11.1 Å². The number of nitrogens with one attached hydrogen (secondary N) is 1. The van der Waals surface area contributed by atoms with Gasteiger partial charge in [0.05, 0.1) is 16.6 Å². The third kappa shape index (κ3) is 2.68. The molecule has 2 aromatic rings. The van der Waals surface area contributed by atoms with Gasteiger partial charge in [-0.05, 0) is 31.7 Å². The Kier molecular flexibility index (Phi) is 3.93. The van der Waals surface area contributed by atoms with E-state index in [0.29, 0.717) is 17.3 Å². The Labute approximate surface area is 109 Å². The van der Waals surface area contributed by atoms with Crippen LogP contribution in [0.15, 0.2) is 22.6 Å². The number of aromatic nitrogens is 2. The second kappa shape index (κ2) is 5.46. The highest BCUT2D eigenvalue weighted by molar-refractivity contribution is 6.33. The Morgan fingerprint density at radius 2 is 2.22 bits per heavy atom. The molecule has 1 unspecified atom stereocenters. The van der Waals surface area contributed by atoms with Crippen LogP contribution >= 0.6 is 11.6 Å². The lowest BCUT2D eigenvalue weighted by molar-refractivity contribution is 0.429. The van der Waals surface area contributed by atoms with Crippen molar-refractivity contribution in [3.8, 4) is 11.5 Å². The van der Waals surface area contributed by atoms with Crippen LogP contribution in [0.4, 0.5) is 4.39 Å². The Morgan fingerprint density at radius 3 is 2.89 bits per heavy atom. The third-order valence-electron chi connectivity index (χ3n) is 2.48. The van der Waals surface area contributed by atoms with Crippen molar-refractivity contribution in [2.24, 2.45) is 0 Å². The van der Waals surface area contributed by atoms with Crippen molar-refractivity contribution in [1.29, 1.82) is 0 Å². The van der Waals surface area contributed by atoms with Gasteiger partial charge in [0.1, 0.15) is 5.82 Å². The van der Waals surface area contributed by atoms with Gasteiger partial charge in [0, 0.05) is 0 Å². The summed E-state index contributed by atoms with van der Waals surface area (Å²) in [6.45, 7) is 4.72. The minimum absolute atomic E-state index is 0.0320. The number of hydrogen-bond acceptors (Lipinski definition) is 4. The molecule has 0 fully saturated rings. The molecule has 1 N–H and O–H groups in total. The minimum Gasteiger partial charge on any atom is -0.419 e. The van der Waals surface area contributed by atoms with Crippen LogP contribution in [0.2, 0.25) is 5.02 Å². The number of benzene rings is 1. The maximum Gasteiger partial charge on any atom is 0.249 e. The summed E-state index contributed by atoms with van der Waals surface area (Å²) in [5, 5.41) is 11.3. The Morgan fingerprint density at radius 1 is 1.44 bits per heavy atom. The molecule has 2 rings (SSSR count). The number of nitrogens with zero attached hydrogens (tertiary/aromatic N) is 2. The fraction of sp³-hybridized carbons (Fsp3) is 0.333. The number of rotatable bonds is 4. The van der Waals surface area contributed by atoms with Gasteiger partial charge in [-0.1, -0.05) is 18.5 Å².